The van der Waals surface area contributed by atoms with Crippen LogP contribution in [-0.4, -0.2) is 17.9 Å². The minimum atomic E-state index is -0.308. The highest BCUT2D eigenvalue weighted by atomic mass is 19.1. The zero-order valence-electron chi connectivity index (χ0n) is 15.3. The first-order valence-corrected chi connectivity index (χ1v) is 9.56. The predicted octanol–water partition coefficient (Wildman–Crippen LogP) is 4.46. The topological polar surface area (TPSA) is 58.2 Å². The Morgan fingerprint density at radius 1 is 0.963 bits per heavy atom. The van der Waals surface area contributed by atoms with Crippen LogP contribution < -0.4 is 10.6 Å². The predicted molar refractivity (Wildman–Crippen MR) is 104 cm³/mol. The SMILES string of the molecule is O=C(CCc1ccccc1F)Nc1ccccc1C(=O)NC1CCCCC1. The van der Waals surface area contributed by atoms with Gasteiger partial charge in [-0.25, -0.2) is 4.39 Å². The van der Waals surface area contributed by atoms with E-state index in [1.54, 1.807) is 42.5 Å². The number of para-hydroxylation sites is 1. The largest absolute Gasteiger partial charge is 0.349 e. The molecule has 2 aromatic rings. The Kier molecular flexibility index (Phi) is 6.58. The van der Waals surface area contributed by atoms with Crippen molar-refractivity contribution in [3.8, 4) is 0 Å². The molecule has 27 heavy (non-hydrogen) atoms. The quantitative estimate of drug-likeness (QED) is 0.791. The maximum absolute atomic E-state index is 13.7. The second-order valence-corrected chi connectivity index (χ2v) is 6.99. The number of anilines is 1. The third-order valence-electron chi connectivity index (χ3n) is 4.97. The van der Waals surface area contributed by atoms with Crippen molar-refractivity contribution in [1.82, 2.24) is 5.32 Å². The number of carbonyl (C=O) groups is 2. The Labute approximate surface area is 159 Å². The highest BCUT2D eigenvalue weighted by Crippen LogP contribution is 2.20. The van der Waals surface area contributed by atoms with E-state index in [0.29, 0.717) is 23.2 Å². The molecule has 0 atom stereocenters. The van der Waals surface area contributed by atoms with E-state index in [0.717, 1.165) is 25.7 Å². The fourth-order valence-electron chi connectivity index (χ4n) is 3.46. The number of amides is 2. The van der Waals surface area contributed by atoms with Crippen molar-refractivity contribution in [2.24, 2.45) is 0 Å². The summed E-state index contributed by atoms with van der Waals surface area (Å²) in [5.74, 6) is -0.708. The van der Waals surface area contributed by atoms with Crippen LogP contribution in [0, 0.1) is 5.82 Å². The average molecular weight is 368 g/mol. The van der Waals surface area contributed by atoms with Gasteiger partial charge in [0.25, 0.3) is 5.91 Å². The molecule has 2 amide bonds. The van der Waals surface area contributed by atoms with Gasteiger partial charge in [0.1, 0.15) is 5.82 Å². The third-order valence-corrected chi connectivity index (χ3v) is 4.97. The lowest BCUT2D eigenvalue weighted by Gasteiger charge is -2.23. The Bertz CT molecular complexity index is 800. The maximum atomic E-state index is 13.7. The minimum Gasteiger partial charge on any atom is -0.349 e. The van der Waals surface area contributed by atoms with Crippen molar-refractivity contribution in [2.75, 3.05) is 5.32 Å². The molecule has 0 bridgehead atoms. The van der Waals surface area contributed by atoms with Crippen LogP contribution in [0.5, 0.6) is 0 Å². The number of halogens is 1. The second-order valence-electron chi connectivity index (χ2n) is 6.99. The molecule has 0 heterocycles. The molecular formula is C22H25FN2O2. The first kappa shape index (κ1) is 19.1. The van der Waals surface area contributed by atoms with E-state index in [1.165, 1.54) is 12.5 Å². The molecule has 0 radical (unpaired) electrons. The van der Waals surface area contributed by atoms with E-state index < -0.39 is 0 Å². The molecule has 0 aromatic heterocycles. The van der Waals surface area contributed by atoms with Gasteiger partial charge in [-0.2, -0.15) is 0 Å². The monoisotopic (exact) mass is 368 g/mol. The van der Waals surface area contributed by atoms with Crippen molar-refractivity contribution in [3.63, 3.8) is 0 Å². The van der Waals surface area contributed by atoms with Gasteiger partial charge in [0.15, 0.2) is 0 Å². The molecule has 1 fully saturated rings. The summed E-state index contributed by atoms with van der Waals surface area (Å²) >= 11 is 0. The summed E-state index contributed by atoms with van der Waals surface area (Å²) in [7, 11) is 0. The van der Waals surface area contributed by atoms with E-state index >= 15 is 0 Å². The molecular weight excluding hydrogens is 343 g/mol. The van der Waals surface area contributed by atoms with Gasteiger partial charge in [-0.3, -0.25) is 9.59 Å². The molecule has 0 unspecified atom stereocenters. The lowest BCUT2D eigenvalue weighted by atomic mass is 9.95. The van der Waals surface area contributed by atoms with E-state index in [9.17, 15) is 14.0 Å². The molecule has 3 rings (SSSR count). The molecule has 5 heteroatoms. The second kappa shape index (κ2) is 9.31. The number of nitrogens with one attached hydrogen (secondary N) is 2. The zero-order chi connectivity index (χ0) is 19.1. The number of hydrogen-bond donors (Lipinski definition) is 2. The Morgan fingerprint density at radius 2 is 1.67 bits per heavy atom. The van der Waals surface area contributed by atoms with E-state index in [-0.39, 0.29) is 30.1 Å². The Morgan fingerprint density at radius 3 is 2.44 bits per heavy atom. The van der Waals surface area contributed by atoms with Crippen LogP contribution >= 0.6 is 0 Å². The molecule has 0 aliphatic heterocycles. The number of benzene rings is 2. The summed E-state index contributed by atoms with van der Waals surface area (Å²) in [6.45, 7) is 0. The third kappa shape index (κ3) is 5.39. The van der Waals surface area contributed by atoms with Gasteiger partial charge in [0.2, 0.25) is 5.91 Å². The van der Waals surface area contributed by atoms with Gasteiger partial charge in [-0.1, -0.05) is 49.6 Å². The molecule has 0 spiro atoms. The Balaban J connectivity index is 1.60. The molecule has 2 aromatic carbocycles. The number of aryl methyl sites for hydroxylation is 1. The fourth-order valence-corrected chi connectivity index (χ4v) is 3.46. The van der Waals surface area contributed by atoms with Crippen molar-refractivity contribution in [2.45, 2.75) is 51.0 Å². The minimum absolute atomic E-state index is 0.152. The summed E-state index contributed by atoms with van der Waals surface area (Å²) in [6.07, 6.45) is 5.97. The van der Waals surface area contributed by atoms with Gasteiger partial charge in [0.05, 0.1) is 11.3 Å². The van der Waals surface area contributed by atoms with Crippen LogP contribution in [0.2, 0.25) is 0 Å². The van der Waals surface area contributed by atoms with Crippen LogP contribution in [0.1, 0.15) is 54.4 Å². The van der Waals surface area contributed by atoms with Crippen LogP contribution in [-0.2, 0) is 11.2 Å². The van der Waals surface area contributed by atoms with Crippen LogP contribution in [0.15, 0.2) is 48.5 Å². The van der Waals surface area contributed by atoms with Crippen LogP contribution in [0.4, 0.5) is 10.1 Å². The van der Waals surface area contributed by atoms with Crippen molar-refractivity contribution in [1.29, 1.82) is 0 Å². The molecule has 4 nitrogen and oxygen atoms in total. The van der Waals surface area contributed by atoms with Crippen molar-refractivity contribution < 1.29 is 14.0 Å². The van der Waals surface area contributed by atoms with Crippen molar-refractivity contribution >= 4 is 17.5 Å². The van der Waals surface area contributed by atoms with Gasteiger partial charge >= 0.3 is 0 Å². The van der Waals surface area contributed by atoms with Gasteiger partial charge in [-0.05, 0) is 43.0 Å². The summed E-state index contributed by atoms with van der Waals surface area (Å²) in [4.78, 5) is 24.9. The highest BCUT2D eigenvalue weighted by Gasteiger charge is 2.19. The normalized spacial score (nSPS) is 14.6. The lowest BCUT2D eigenvalue weighted by Crippen LogP contribution is -2.36. The van der Waals surface area contributed by atoms with Crippen LogP contribution in [0.3, 0.4) is 0 Å². The molecule has 2 N–H and O–H groups in total. The molecule has 1 saturated carbocycles. The summed E-state index contributed by atoms with van der Waals surface area (Å²) in [6, 6.07) is 13.6. The fraction of sp³-hybridized carbons (Fsp3) is 0.364. The van der Waals surface area contributed by atoms with Gasteiger partial charge < -0.3 is 10.6 Å². The van der Waals surface area contributed by atoms with Crippen molar-refractivity contribution in [3.05, 3.63) is 65.5 Å². The van der Waals surface area contributed by atoms with E-state index in [2.05, 4.69) is 10.6 Å². The van der Waals surface area contributed by atoms with E-state index in [1.807, 2.05) is 0 Å². The summed E-state index contributed by atoms with van der Waals surface area (Å²) in [5.41, 5.74) is 1.46. The Hall–Kier alpha value is -2.69. The first-order valence-electron chi connectivity index (χ1n) is 9.56. The number of rotatable bonds is 6. The lowest BCUT2D eigenvalue weighted by molar-refractivity contribution is -0.116. The van der Waals surface area contributed by atoms with E-state index in [4.69, 9.17) is 0 Å². The first-order chi connectivity index (χ1) is 13.1. The molecule has 1 aliphatic carbocycles. The summed E-state index contributed by atoms with van der Waals surface area (Å²) < 4.78 is 13.7. The average Bonchev–Trinajstić information content (AvgIpc) is 2.68. The number of carbonyl (C=O) groups excluding carboxylic acids is 2. The molecule has 142 valence electrons. The number of hydrogen-bond acceptors (Lipinski definition) is 2. The highest BCUT2D eigenvalue weighted by molar-refractivity contribution is 6.03. The summed E-state index contributed by atoms with van der Waals surface area (Å²) in [5, 5.41) is 5.87. The maximum Gasteiger partial charge on any atom is 0.253 e. The molecule has 1 aliphatic rings. The standard InChI is InChI=1S/C22H25FN2O2/c23-19-12-6-4-8-16(19)14-15-21(26)25-20-13-7-5-11-18(20)22(27)24-17-9-2-1-3-10-17/h4-8,11-13,17H,1-3,9-10,14-15H2,(H,24,27)(H,25,26). The van der Waals surface area contributed by atoms with Gasteiger partial charge in [0, 0.05) is 12.5 Å². The zero-order valence-corrected chi connectivity index (χ0v) is 15.3. The van der Waals surface area contributed by atoms with Crippen LogP contribution in [0.25, 0.3) is 0 Å². The van der Waals surface area contributed by atoms with Gasteiger partial charge in [-0.15, -0.1) is 0 Å². The smallest absolute Gasteiger partial charge is 0.253 e. The molecule has 0 saturated heterocycles.